The predicted octanol–water partition coefficient (Wildman–Crippen LogP) is 3.28. The second-order valence-corrected chi connectivity index (χ2v) is 6.60. The summed E-state index contributed by atoms with van der Waals surface area (Å²) in [5.41, 5.74) is -1.75. The van der Waals surface area contributed by atoms with Gasteiger partial charge in [0.05, 0.1) is 0 Å². The topological polar surface area (TPSA) is 66.8 Å². The summed E-state index contributed by atoms with van der Waals surface area (Å²) >= 11 is 0. The minimum Gasteiger partial charge on any atom is -0.479 e. The van der Waals surface area contributed by atoms with Crippen molar-refractivity contribution in [3.8, 4) is 0 Å². The third kappa shape index (κ3) is 3.25. The summed E-state index contributed by atoms with van der Waals surface area (Å²) in [7, 11) is 0. The minimum atomic E-state index is -1.13. The molecule has 1 aliphatic rings. The van der Waals surface area contributed by atoms with Gasteiger partial charge in [0.2, 0.25) is 0 Å². The highest BCUT2D eigenvalue weighted by atomic mass is 16.6. The van der Waals surface area contributed by atoms with Crippen LogP contribution in [0.1, 0.15) is 60.3 Å². The van der Waals surface area contributed by atoms with Crippen LogP contribution >= 0.6 is 0 Å². The van der Waals surface area contributed by atoms with Crippen molar-refractivity contribution in [1.29, 1.82) is 0 Å². The zero-order valence-electron chi connectivity index (χ0n) is 13.2. The smallest absolute Gasteiger partial charge is 0.411 e. The predicted molar refractivity (Wildman–Crippen MR) is 76.6 cm³/mol. The fourth-order valence-corrected chi connectivity index (χ4v) is 3.06. The maximum absolute atomic E-state index is 12.4. The highest BCUT2D eigenvalue weighted by Gasteiger charge is 2.52. The Bertz CT molecular complexity index is 375. The van der Waals surface area contributed by atoms with Gasteiger partial charge in [-0.25, -0.2) is 9.59 Å². The van der Waals surface area contributed by atoms with Crippen LogP contribution in [0.3, 0.4) is 0 Å². The van der Waals surface area contributed by atoms with Crippen molar-refractivity contribution in [3.05, 3.63) is 0 Å². The summed E-state index contributed by atoms with van der Waals surface area (Å²) in [6.45, 7) is 9.42. The van der Waals surface area contributed by atoms with E-state index in [2.05, 4.69) is 0 Å². The maximum atomic E-state index is 12.4. The Morgan fingerprint density at radius 2 is 1.95 bits per heavy atom. The molecule has 1 amide bonds. The molecule has 0 saturated heterocycles. The Balaban J connectivity index is 3.10. The normalized spacial score (nSPS) is 26.9. The molecule has 1 aliphatic carbocycles. The number of carboxylic acids is 1. The molecule has 0 spiro atoms. The molecule has 0 bridgehead atoms. The van der Waals surface area contributed by atoms with Crippen LogP contribution in [0.4, 0.5) is 4.79 Å². The third-order valence-corrected chi connectivity index (χ3v) is 4.04. The van der Waals surface area contributed by atoms with E-state index in [0.717, 1.165) is 19.3 Å². The van der Waals surface area contributed by atoms with Crippen LogP contribution in [0.5, 0.6) is 0 Å². The van der Waals surface area contributed by atoms with Gasteiger partial charge in [0.1, 0.15) is 11.1 Å². The van der Waals surface area contributed by atoms with Gasteiger partial charge >= 0.3 is 12.1 Å². The number of aliphatic carboxylic acids is 1. The lowest BCUT2D eigenvalue weighted by Crippen LogP contribution is -2.62. The van der Waals surface area contributed by atoms with Gasteiger partial charge in [0.15, 0.2) is 0 Å². The van der Waals surface area contributed by atoms with Crippen LogP contribution in [-0.4, -0.2) is 39.8 Å². The summed E-state index contributed by atoms with van der Waals surface area (Å²) in [5.74, 6) is -0.987. The highest BCUT2D eigenvalue weighted by Crippen LogP contribution is 2.39. The SMILES string of the molecule is CCN(C(=O)OC(C)(C)C)C1(C(=O)O)CCCCC1C. The molecule has 0 radical (unpaired) electrons. The molecule has 116 valence electrons. The lowest BCUT2D eigenvalue weighted by atomic mass is 9.72. The Morgan fingerprint density at radius 3 is 2.35 bits per heavy atom. The Kier molecular flexibility index (Phi) is 5.05. The van der Waals surface area contributed by atoms with E-state index in [1.165, 1.54) is 4.90 Å². The van der Waals surface area contributed by atoms with Crippen molar-refractivity contribution in [2.24, 2.45) is 5.92 Å². The number of rotatable bonds is 3. The molecule has 20 heavy (non-hydrogen) atoms. The molecule has 1 N–H and O–H groups in total. The molecule has 0 heterocycles. The number of ether oxygens (including phenoxy) is 1. The van der Waals surface area contributed by atoms with Crippen molar-refractivity contribution < 1.29 is 19.4 Å². The Labute approximate surface area is 121 Å². The summed E-state index contributed by atoms with van der Waals surface area (Å²) in [4.78, 5) is 25.7. The molecule has 1 saturated carbocycles. The van der Waals surface area contributed by atoms with E-state index in [4.69, 9.17) is 4.74 Å². The van der Waals surface area contributed by atoms with E-state index in [9.17, 15) is 14.7 Å². The second kappa shape index (κ2) is 6.02. The first-order valence-electron chi connectivity index (χ1n) is 7.39. The summed E-state index contributed by atoms with van der Waals surface area (Å²) < 4.78 is 5.39. The van der Waals surface area contributed by atoms with Crippen LogP contribution in [0.15, 0.2) is 0 Å². The van der Waals surface area contributed by atoms with Crippen molar-refractivity contribution in [3.63, 3.8) is 0 Å². The van der Waals surface area contributed by atoms with Gasteiger partial charge < -0.3 is 9.84 Å². The number of likely N-dealkylation sites (N-methyl/N-ethyl adjacent to an activating group) is 1. The Hall–Kier alpha value is -1.26. The maximum Gasteiger partial charge on any atom is 0.411 e. The van der Waals surface area contributed by atoms with Crippen molar-refractivity contribution >= 4 is 12.1 Å². The van der Waals surface area contributed by atoms with E-state index in [-0.39, 0.29) is 5.92 Å². The van der Waals surface area contributed by atoms with Gasteiger partial charge in [-0.05, 0) is 46.5 Å². The van der Waals surface area contributed by atoms with Gasteiger partial charge in [-0.15, -0.1) is 0 Å². The molecule has 0 aromatic rings. The number of carbonyl (C=O) groups excluding carboxylic acids is 1. The van der Waals surface area contributed by atoms with Crippen LogP contribution in [0.25, 0.3) is 0 Å². The van der Waals surface area contributed by atoms with Crippen LogP contribution in [-0.2, 0) is 9.53 Å². The van der Waals surface area contributed by atoms with Crippen molar-refractivity contribution in [2.75, 3.05) is 6.54 Å². The molecular weight excluding hydrogens is 258 g/mol. The van der Waals surface area contributed by atoms with Crippen LogP contribution in [0, 0.1) is 5.92 Å². The fourth-order valence-electron chi connectivity index (χ4n) is 3.06. The molecule has 1 fully saturated rings. The number of hydrogen-bond donors (Lipinski definition) is 1. The number of carbonyl (C=O) groups is 2. The standard InChI is InChI=1S/C15H27NO4/c1-6-16(13(19)20-14(3,4)5)15(12(17)18)10-8-7-9-11(15)2/h11H,6-10H2,1-5H3,(H,17,18). The summed E-state index contributed by atoms with van der Waals surface area (Å²) in [5, 5.41) is 9.76. The average molecular weight is 285 g/mol. The lowest BCUT2D eigenvalue weighted by Gasteiger charge is -2.46. The van der Waals surface area contributed by atoms with Gasteiger partial charge in [-0.3, -0.25) is 4.90 Å². The molecule has 5 nitrogen and oxygen atoms in total. The van der Waals surface area contributed by atoms with E-state index < -0.39 is 23.2 Å². The van der Waals surface area contributed by atoms with Gasteiger partial charge in [0, 0.05) is 6.54 Å². The Morgan fingerprint density at radius 1 is 1.35 bits per heavy atom. The number of hydrogen-bond acceptors (Lipinski definition) is 3. The first-order valence-corrected chi connectivity index (χ1v) is 7.39. The average Bonchev–Trinajstić information content (AvgIpc) is 2.29. The van der Waals surface area contributed by atoms with E-state index in [1.807, 2.05) is 6.92 Å². The second-order valence-electron chi connectivity index (χ2n) is 6.60. The highest BCUT2D eigenvalue weighted by molar-refractivity contribution is 5.85. The number of amides is 1. The minimum absolute atomic E-state index is 0.0683. The van der Waals surface area contributed by atoms with Gasteiger partial charge in [0.25, 0.3) is 0 Å². The van der Waals surface area contributed by atoms with E-state index in [0.29, 0.717) is 13.0 Å². The number of nitrogens with zero attached hydrogens (tertiary/aromatic N) is 1. The molecule has 0 aliphatic heterocycles. The zero-order valence-corrected chi connectivity index (χ0v) is 13.2. The largest absolute Gasteiger partial charge is 0.479 e. The van der Waals surface area contributed by atoms with Crippen molar-refractivity contribution in [2.45, 2.75) is 71.4 Å². The molecule has 0 aromatic heterocycles. The van der Waals surface area contributed by atoms with Crippen LogP contribution < -0.4 is 0 Å². The van der Waals surface area contributed by atoms with Gasteiger partial charge in [-0.1, -0.05) is 19.8 Å². The first-order chi connectivity index (χ1) is 9.15. The third-order valence-electron chi connectivity index (χ3n) is 4.04. The lowest BCUT2D eigenvalue weighted by molar-refractivity contribution is -0.157. The number of carboxylic acid groups (broad SMARTS) is 1. The molecular formula is C15H27NO4. The van der Waals surface area contributed by atoms with Crippen LogP contribution in [0.2, 0.25) is 0 Å². The molecule has 0 aromatic carbocycles. The summed E-state index contributed by atoms with van der Waals surface area (Å²) in [6.07, 6.45) is 2.64. The quantitative estimate of drug-likeness (QED) is 0.864. The molecule has 1 rings (SSSR count). The first kappa shape index (κ1) is 16.8. The van der Waals surface area contributed by atoms with E-state index in [1.54, 1.807) is 27.7 Å². The van der Waals surface area contributed by atoms with E-state index >= 15 is 0 Å². The van der Waals surface area contributed by atoms with Crippen molar-refractivity contribution in [1.82, 2.24) is 4.90 Å². The molecule has 2 unspecified atom stereocenters. The summed E-state index contributed by atoms with van der Waals surface area (Å²) in [6, 6.07) is 0. The van der Waals surface area contributed by atoms with Gasteiger partial charge in [-0.2, -0.15) is 0 Å². The molecule has 2 atom stereocenters. The zero-order chi connectivity index (χ0) is 15.6. The fraction of sp³-hybridized carbons (Fsp3) is 0.867. The molecule has 5 heteroatoms. The monoisotopic (exact) mass is 285 g/mol.